The minimum Gasteiger partial charge on any atom is -0.490 e. The lowest BCUT2D eigenvalue weighted by molar-refractivity contribution is 0.297. The summed E-state index contributed by atoms with van der Waals surface area (Å²) in [5.74, 6) is 1.63. The number of hydrogen-bond acceptors (Lipinski definition) is 5. The first-order valence-corrected chi connectivity index (χ1v) is 7.81. The van der Waals surface area contributed by atoms with Gasteiger partial charge in [0.25, 0.3) is 0 Å². The van der Waals surface area contributed by atoms with Crippen molar-refractivity contribution in [2.75, 3.05) is 13.2 Å². The van der Waals surface area contributed by atoms with Gasteiger partial charge in [-0.2, -0.15) is 0 Å². The minimum atomic E-state index is 0.526. The van der Waals surface area contributed by atoms with E-state index in [1.807, 2.05) is 37.3 Å². The highest BCUT2D eigenvalue weighted by molar-refractivity contribution is 7.99. The van der Waals surface area contributed by atoms with Crippen molar-refractivity contribution in [1.82, 2.24) is 4.98 Å². The van der Waals surface area contributed by atoms with Crippen LogP contribution >= 0.6 is 11.8 Å². The molecule has 5 heteroatoms. The highest BCUT2D eigenvalue weighted by Gasteiger charge is 2.11. The first kappa shape index (κ1) is 14.2. The molecular formula is C16H18N2O2S. The van der Waals surface area contributed by atoms with Crippen LogP contribution in [0, 0.1) is 6.92 Å². The van der Waals surface area contributed by atoms with E-state index >= 15 is 0 Å². The molecule has 0 spiro atoms. The zero-order valence-corrected chi connectivity index (χ0v) is 12.8. The fourth-order valence-electron chi connectivity index (χ4n) is 2.20. The largest absolute Gasteiger partial charge is 0.490 e. The summed E-state index contributed by atoms with van der Waals surface area (Å²) in [6.07, 6.45) is 0.913. The maximum atomic E-state index is 5.72. The third kappa shape index (κ3) is 3.49. The average Bonchev–Trinajstić information content (AvgIpc) is 2.71. The molecule has 1 aliphatic heterocycles. The zero-order valence-electron chi connectivity index (χ0n) is 12.0. The van der Waals surface area contributed by atoms with Crippen LogP contribution in [0.3, 0.4) is 0 Å². The Morgan fingerprint density at radius 2 is 1.95 bits per heavy atom. The van der Waals surface area contributed by atoms with Gasteiger partial charge < -0.3 is 15.2 Å². The first-order valence-electron chi connectivity index (χ1n) is 7.00. The number of fused-ring (bicyclic) bond motifs is 1. The molecule has 0 radical (unpaired) electrons. The molecule has 0 atom stereocenters. The number of aromatic nitrogens is 1. The average molecular weight is 302 g/mol. The summed E-state index contributed by atoms with van der Waals surface area (Å²) < 4.78 is 11.4. The summed E-state index contributed by atoms with van der Waals surface area (Å²) in [4.78, 5) is 5.63. The van der Waals surface area contributed by atoms with E-state index in [1.165, 1.54) is 0 Å². The van der Waals surface area contributed by atoms with Crippen LogP contribution in [0.2, 0.25) is 0 Å². The molecule has 110 valence electrons. The number of benzene rings is 1. The monoisotopic (exact) mass is 302 g/mol. The van der Waals surface area contributed by atoms with Gasteiger partial charge in [0, 0.05) is 23.6 Å². The van der Waals surface area contributed by atoms with Crippen molar-refractivity contribution in [2.24, 2.45) is 5.73 Å². The number of nitrogens with two attached hydrogens (primary N) is 1. The second-order valence-corrected chi connectivity index (χ2v) is 6.01. The van der Waals surface area contributed by atoms with Gasteiger partial charge >= 0.3 is 0 Å². The van der Waals surface area contributed by atoms with E-state index in [0.717, 1.165) is 39.1 Å². The third-order valence-corrected chi connectivity index (χ3v) is 4.07. The van der Waals surface area contributed by atoms with Gasteiger partial charge in [-0.1, -0.05) is 11.8 Å². The second-order valence-electron chi connectivity index (χ2n) is 4.92. The Morgan fingerprint density at radius 3 is 2.76 bits per heavy atom. The predicted molar refractivity (Wildman–Crippen MR) is 83.0 cm³/mol. The molecule has 0 aliphatic carbocycles. The summed E-state index contributed by atoms with van der Waals surface area (Å²) in [7, 11) is 0. The number of rotatable bonds is 3. The van der Waals surface area contributed by atoms with Crippen LogP contribution < -0.4 is 15.2 Å². The van der Waals surface area contributed by atoms with Crippen LogP contribution in [0.15, 0.2) is 40.3 Å². The topological polar surface area (TPSA) is 57.4 Å². The van der Waals surface area contributed by atoms with E-state index < -0.39 is 0 Å². The number of nitrogens with zero attached hydrogens (tertiary/aromatic N) is 1. The molecule has 21 heavy (non-hydrogen) atoms. The van der Waals surface area contributed by atoms with E-state index in [-0.39, 0.29) is 0 Å². The van der Waals surface area contributed by atoms with Gasteiger partial charge in [0.15, 0.2) is 11.5 Å². The first-order chi connectivity index (χ1) is 10.2. The third-order valence-electron chi connectivity index (χ3n) is 3.17. The molecule has 0 fully saturated rings. The molecule has 2 N–H and O–H groups in total. The molecule has 0 saturated heterocycles. The Balaban J connectivity index is 1.85. The molecule has 2 heterocycles. The number of hydrogen-bond donors (Lipinski definition) is 1. The quantitative estimate of drug-likeness (QED) is 0.944. The smallest absolute Gasteiger partial charge is 0.162 e. The molecule has 1 aromatic carbocycles. The van der Waals surface area contributed by atoms with Gasteiger partial charge in [-0.05, 0) is 42.8 Å². The molecule has 0 amide bonds. The number of aryl methyl sites for hydroxylation is 1. The van der Waals surface area contributed by atoms with Crippen LogP contribution in [-0.4, -0.2) is 18.2 Å². The van der Waals surface area contributed by atoms with E-state index in [9.17, 15) is 0 Å². The van der Waals surface area contributed by atoms with Crippen molar-refractivity contribution in [3.63, 3.8) is 0 Å². The van der Waals surface area contributed by atoms with Crippen LogP contribution in [-0.2, 0) is 6.54 Å². The van der Waals surface area contributed by atoms with Gasteiger partial charge in [-0.3, -0.25) is 0 Å². The Kier molecular flexibility index (Phi) is 4.31. The van der Waals surface area contributed by atoms with Crippen LogP contribution in [0.5, 0.6) is 11.5 Å². The summed E-state index contributed by atoms with van der Waals surface area (Å²) in [6.45, 7) is 3.91. The van der Waals surface area contributed by atoms with E-state index in [0.29, 0.717) is 19.8 Å². The van der Waals surface area contributed by atoms with Gasteiger partial charge in [0.05, 0.1) is 13.2 Å². The van der Waals surface area contributed by atoms with Crippen LogP contribution in [0.4, 0.5) is 0 Å². The van der Waals surface area contributed by atoms with Crippen molar-refractivity contribution >= 4 is 11.8 Å². The second kappa shape index (κ2) is 6.37. The van der Waals surface area contributed by atoms with Gasteiger partial charge in [-0.25, -0.2) is 4.98 Å². The normalized spacial score (nSPS) is 13.8. The molecule has 1 aromatic heterocycles. The zero-order chi connectivity index (χ0) is 14.7. The lowest BCUT2D eigenvalue weighted by Crippen LogP contribution is -1.98. The maximum Gasteiger partial charge on any atom is 0.162 e. The SMILES string of the molecule is Cc1cc(CN)cc(Sc2ccc3c(c2)OCCCO3)n1. The fourth-order valence-corrected chi connectivity index (χ4v) is 3.15. The standard InChI is InChI=1S/C16H18N2O2S/c1-11-7-12(10-17)8-16(18-11)21-13-3-4-14-15(9-13)20-6-2-5-19-14/h3-4,7-9H,2,5-6,10,17H2,1H3. The fraction of sp³-hybridized carbons (Fsp3) is 0.312. The van der Waals surface area contributed by atoms with Crippen molar-refractivity contribution in [3.8, 4) is 11.5 Å². The van der Waals surface area contributed by atoms with Crippen molar-refractivity contribution < 1.29 is 9.47 Å². The van der Waals surface area contributed by atoms with Crippen LogP contribution in [0.25, 0.3) is 0 Å². The molecule has 0 saturated carbocycles. The summed E-state index contributed by atoms with van der Waals surface area (Å²) in [5, 5.41) is 0.949. The van der Waals surface area contributed by atoms with Crippen molar-refractivity contribution in [1.29, 1.82) is 0 Å². The summed E-state index contributed by atoms with van der Waals surface area (Å²) in [5.41, 5.74) is 7.79. The molecule has 1 aliphatic rings. The highest BCUT2D eigenvalue weighted by atomic mass is 32.2. The van der Waals surface area contributed by atoms with E-state index in [2.05, 4.69) is 4.98 Å². The minimum absolute atomic E-state index is 0.526. The van der Waals surface area contributed by atoms with Gasteiger partial charge in [-0.15, -0.1) is 0 Å². The van der Waals surface area contributed by atoms with E-state index in [1.54, 1.807) is 11.8 Å². The lowest BCUT2D eigenvalue weighted by atomic mass is 10.2. The molecule has 0 bridgehead atoms. The Bertz CT molecular complexity index is 646. The molecule has 0 unspecified atom stereocenters. The van der Waals surface area contributed by atoms with Crippen molar-refractivity contribution in [2.45, 2.75) is 29.8 Å². The Labute approximate surface area is 128 Å². The molecule has 4 nitrogen and oxygen atoms in total. The Morgan fingerprint density at radius 1 is 1.14 bits per heavy atom. The molecule has 2 aromatic rings. The van der Waals surface area contributed by atoms with Gasteiger partial charge in [0.2, 0.25) is 0 Å². The van der Waals surface area contributed by atoms with Crippen molar-refractivity contribution in [3.05, 3.63) is 41.6 Å². The summed E-state index contributed by atoms with van der Waals surface area (Å²) in [6, 6.07) is 10.0. The summed E-state index contributed by atoms with van der Waals surface area (Å²) >= 11 is 1.61. The molecular weight excluding hydrogens is 284 g/mol. The predicted octanol–water partition coefficient (Wildman–Crippen LogP) is 3.16. The molecule has 3 rings (SSSR count). The van der Waals surface area contributed by atoms with Crippen LogP contribution in [0.1, 0.15) is 17.7 Å². The number of ether oxygens (including phenoxy) is 2. The lowest BCUT2D eigenvalue weighted by Gasteiger charge is -2.09. The highest BCUT2D eigenvalue weighted by Crippen LogP contribution is 2.36. The van der Waals surface area contributed by atoms with Gasteiger partial charge in [0.1, 0.15) is 5.03 Å². The maximum absolute atomic E-state index is 5.72. The number of pyridine rings is 1. The van der Waals surface area contributed by atoms with E-state index in [4.69, 9.17) is 15.2 Å². The Hall–Kier alpha value is -1.72.